The minimum Gasteiger partial charge on any atom is -0.171 e. The van der Waals surface area contributed by atoms with Crippen molar-refractivity contribution in [3.05, 3.63) is 13.8 Å². The van der Waals surface area contributed by atoms with Gasteiger partial charge in [0, 0.05) is 6.42 Å². The Morgan fingerprint density at radius 2 is 1.80 bits per heavy atom. The third-order valence-electron chi connectivity index (χ3n) is 1.24. The minimum atomic E-state index is -4.04. The minimum absolute atomic E-state index is 0.0903. The van der Waals surface area contributed by atoms with Crippen LogP contribution < -0.4 is 0 Å². The van der Waals surface area contributed by atoms with Crippen LogP contribution in [0, 0.1) is 19.8 Å². The van der Waals surface area contributed by atoms with Gasteiger partial charge in [-0.05, 0) is 12.3 Å². The average Bonchev–Trinajstić information content (AvgIpc) is 1.81. The highest BCUT2D eigenvalue weighted by molar-refractivity contribution is 4.64. The van der Waals surface area contributed by atoms with Crippen LogP contribution in [0.25, 0.3) is 0 Å². The first-order valence-electron chi connectivity index (χ1n) is 3.15. The Hall–Kier alpha value is -0.210. The van der Waals surface area contributed by atoms with Gasteiger partial charge >= 0.3 is 6.18 Å². The fourth-order valence-corrected chi connectivity index (χ4v) is 0.512. The zero-order chi connectivity index (χ0) is 8.20. The Morgan fingerprint density at radius 1 is 1.30 bits per heavy atom. The molecule has 0 rings (SSSR count). The Bertz CT molecular complexity index is 85.3. The summed E-state index contributed by atoms with van der Waals surface area (Å²) in [6.45, 7) is 6.95. The molecule has 0 aliphatic heterocycles. The summed E-state index contributed by atoms with van der Waals surface area (Å²) >= 11 is 0. The summed E-state index contributed by atoms with van der Waals surface area (Å²) in [6.07, 6.45) is -4.22. The van der Waals surface area contributed by atoms with E-state index < -0.39 is 12.6 Å². The van der Waals surface area contributed by atoms with E-state index in [-0.39, 0.29) is 12.3 Å². The molecule has 0 heterocycles. The smallest absolute Gasteiger partial charge is 0.171 e. The van der Waals surface area contributed by atoms with Crippen molar-refractivity contribution in [2.45, 2.75) is 25.4 Å². The highest BCUT2D eigenvalue weighted by Gasteiger charge is 2.26. The molecule has 3 heteroatoms. The van der Waals surface area contributed by atoms with Crippen molar-refractivity contribution in [3.8, 4) is 0 Å². The van der Waals surface area contributed by atoms with Crippen molar-refractivity contribution in [2.24, 2.45) is 5.92 Å². The molecule has 0 spiro atoms. The van der Waals surface area contributed by atoms with Crippen LogP contribution in [0.4, 0.5) is 13.2 Å². The van der Waals surface area contributed by atoms with Gasteiger partial charge in [-0.25, -0.2) is 0 Å². The maximum atomic E-state index is 11.5. The normalized spacial score (nSPS) is 15.3. The second-order valence-electron chi connectivity index (χ2n) is 2.31. The molecule has 0 saturated carbocycles. The lowest BCUT2D eigenvalue weighted by Crippen LogP contribution is -2.09. The van der Waals surface area contributed by atoms with Crippen LogP contribution in [0.1, 0.15) is 19.3 Å². The highest BCUT2D eigenvalue weighted by Crippen LogP contribution is 2.24. The van der Waals surface area contributed by atoms with Crippen LogP contribution >= 0.6 is 0 Å². The summed E-state index contributed by atoms with van der Waals surface area (Å²) in [7, 11) is 0. The van der Waals surface area contributed by atoms with Gasteiger partial charge in [-0.2, -0.15) is 13.2 Å². The lowest BCUT2D eigenvalue weighted by atomic mass is 10.0. The molecular formula is C7H11F3. The molecule has 1 unspecified atom stereocenters. The van der Waals surface area contributed by atoms with Crippen LogP contribution in [0.3, 0.4) is 0 Å². The van der Waals surface area contributed by atoms with E-state index >= 15 is 0 Å². The summed E-state index contributed by atoms with van der Waals surface area (Å²) in [5.74, 6) is -0.165. The Labute approximate surface area is 59.4 Å². The lowest BCUT2D eigenvalue weighted by Gasteiger charge is -2.09. The van der Waals surface area contributed by atoms with Crippen molar-refractivity contribution >= 4 is 0 Å². The Morgan fingerprint density at radius 3 is 2.10 bits per heavy atom. The molecule has 60 valence electrons. The molecule has 0 N–H and O–H groups in total. The molecule has 0 aromatic rings. The molecule has 0 fully saturated rings. The standard InChI is InChI=1S/C7H11F3/c1-3-6(2)4-5-7(8,9)10/h6H,1-5H2. The summed E-state index contributed by atoms with van der Waals surface area (Å²) in [6, 6.07) is 0. The number of halogens is 3. The number of hydrogen-bond donors (Lipinski definition) is 0. The van der Waals surface area contributed by atoms with Crippen molar-refractivity contribution in [1.82, 2.24) is 0 Å². The summed E-state index contributed by atoms with van der Waals surface area (Å²) < 4.78 is 34.5. The molecule has 0 saturated heterocycles. The van der Waals surface area contributed by atoms with Crippen LogP contribution in [0.5, 0.6) is 0 Å². The van der Waals surface area contributed by atoms with E-state index in [1.165, 1.54) is 0 Å². The van der Waals surface area contributed by atoms with Crippen LogP contribution in [0.2, 0.25) is 0 Å². The number of rotatable bonds is 3. The van der Waals surface area contributed by atoms with Crippen molar-refractivity contribution < 1.29 is 13.2 Å². The van der Waals surface area contributed by atoms with Gasteiger partial charge in [-0.3, -0.25) is 0 Å². The third-order valence-corrected chi connectivity index (χ3v) is 1.24. The van der Waals surface area contributed by atoms with Gasteiger partial charge in [-0.1, -0.05) is 20.3 Å². The quantitative estimate of drug-likeness (QED) is 0.583. The second-order valence-corrected chi connectivity index (χ2v) is 2.31. The molecule has 0 aromatic carbocycles. The maximum absolute atomic E-state index is 11.5. The van der Waals surface area contributed by atoms with Gasteiger partial charge in [-0.15, -0.1) is 0 Å². The van der Waals surface area contributed by atoms with Gasteiger partial charge < -0.3 is 0 Å². The Balaban J connectivity index is 3.36. The first-order valence-corrected chi connectivity index (χ1v) is 3.15. The molecule has 0 nitrogen and oxygen atoms in total. The van der Waals surface area contributed by atoms with Crippen LogP contribution in [0.15, 0.2) is 0 Å². The monoisotopic (exact) mass is 152 g/mol. The fraction of sp³-hybridized carbons (Fsp3) is 0.714. The fourth-order valence-electron chi connectivity index (χ4n) is 0.512. The highest BCUT2D eigenvalue weighted by atomic mass is 19.4. The molecule has 0 aliphatic rings. The van der Waals surface area contributed by atoms with Gasteiger partial charge in [0.2, 0.25) is 0 Å². The summed E-state index contributed by atoms with van der Waals surface area (Å²) in [5.41, 5.74) is 0. The zero-order valence-electron chi connectivity index (χ0n) is 5.75. The van der Waals surface area contributed by atoms with Crippen LogP contribution in [-0.4, -0.2) is 6.18 Å². The molecule has 0 aromatic heterocycles. The predicted molar refractivity (Wildman–Crippen MR) is 34.1 cm³/mol. The summed E-state index contributed by atoms with van der Waals surface area (Å²) in [5, 5.41) is 0. The van der Waals surface area contributed by atoms with E-state index in [0.29, 0.717) is 6.42 Å². The van der Waals surface area contributed by atoms with E-state index in [9.17, 15) is 13.2 Å². The van der Waals surface area contributed by atoms with Gasteiger partial charge in [0.1, 0.15) is 0 Å². The first kappa shape index (κ1) is 9.79. The van der Waals surface area contributed by atoms with Gasteiger partial charge in [0.25, 0.3) is 0 Å². The number of hydrogen-bond acceptors (Lipinski definition) is 0. The van der Waals surface area contributed by atoms with Crippen molar-refractivity contribution in [1.29, 1.82) is 0 Å². The first-order chi connectivity index (χ1) is 4.45. The second kappa shape index (κ2) is 3.84. The number of alkyl halides is 3. The van der Waals surface area contributed by atoms with Crippen molar-refractivity contribution in [2.75, 3.05) is 0 Å². The predicted octanol–water partition coefficient (Wildman–Crippen LogP) is 3.00. The van der Waals surface area contributed by atoms with E-state index in [1.807, 2.05) is 0 Å². The SMILES string of the molecule is [CH2]CC([CH2])CCC(F)(F)F. The summed E-state index contributed by atoms with van der Waals surface area (Å²) in [4.78, 5) is 0. The van der Waals surface area contributed by atoms with E-state index in [1.54, 1.807) is 0 Å². The van der Waals surface area contributed by atoms with E-state index in [4.69, 9.17) is 0 Å². The molecule has 0 amide bonds. The molecule has 10 heavy (non-hydrogen) atoms. The van der Waals surface area contributed by atoms with Gasteiger partial charge in [0.05, 0.1) is 0 Å². The topological polar surface area (TPSA) is 0 Å². The molecular weight excluding hydrogens is 141 g/mol. The Kier molecular flexibility index (Phi) is 3.76. The van der Waals surface area contributed by atoms with Gasteiger partial charge in [0.15, 0.2) is 0 Å². The average molecular weight is 152 g/mol. The van der Waals surface area contributed by atoms with E-state index in [2.05, 4.69) is 13.8 Å². The molecule has 2 radical (unpaired) electrons. The third kappa shape index (κ3) is 5.92. The maximum Gasteiger partial charge on any atom is 0.389 e. The van der Waals surface area contributed by atoms with Crippen LogP contribution in [-0.2, 0) is 0 Å². The van der Waals surface area contributed by atoms with E-state index in [0.717, 1.165) is 0 Å². The molecule has 0 bridgehead atoms. The zero-order valence-corrected chi connectivity index (χ0v) is 5.75. The largest absolute Gasteiger partial charge is 0.389 e. The molecule has 0 aliphatic carbocycles. The lowest BCUT2D eigenvalue weighted by molar-refractivity contribution is -0.136. The van der Waals surface area contributed by atoms with Crippen molar-refractivity contribution in [3.63, 3.8) is 0 Å². The molecule has 1 atom stereocenters.